The van der Waals surface area contributed by atoms with Crippen LogP contribution in [0.3, 0.4) is 0 Å². The van der Waals surface area contributed by atoms with Crippen molar-refractivity contribution >= 4 is 34.8 Å². The van der Waals surface area contributed by atoms with Gasteiger partial charge in [-0.1, -0.05) is 17.7 Å². The molecule has 1 aliphatic carbocycles. The summed E-state index contributed by atoms with van der Waals surface area (Å²) in [6.45, 7) is 5.62. The molecule has 1 aliphatic rings. The minimum Gasteiger partial charge on any atom is -0.474 e. The van der Waals surface area contributed by atoms with Crippen molar-refractivity contribution < 1.29 is 14.3 Å². The van der Waals surface area contributed by atoms with E-state index < -0.39 is 0 Å². The van der Waals surface area contributed by atoms with Crippen LogP contribution in [-0.4, -0.2) is 22.9 Å². The van der Waals surface area contributed by atoms with Gasteiger partial charge < -0.3 is 15.4 Å². The minimum absolute atomic E-state index is 0.0212. The molecule has 0 unspecified atom stereocenters. The lowest BCUT2D eigenvalue weighted by Crippen LogP contribution is -2.16. The highest BCUT2D eigenvalue weighted by Gasteiger charge is 2.29. The zero-order valence-electron chi connectivity index (χ0n) is 15.5. The van der Waals surface area contributed by atoms with Gasteiger partial charge in [0, 0.05) is 23.5 Å². The van der Waals surface area contributed by atoms with Crippen LogP contribution < -0.4 is 15.4 Å². The van der Waals surface area contributed by atoms with Gasteiger partial charge in [0.25, 0.3) is 5.91 Å². The second-order valence-corrected chi connectivity index (χ2v) is 7.33. The van der Waals surface area contributed by atoms with Crippen LogP contribution in [0.15, 0.2) is 30.5 Å². The zero-order valence-corrected chi connectivity index (χ0v) is 16.3. The molecule has 0 saturated heterocycles. The number of halogens is 1. The highest BCUT2D eigenvalue weighted by molar-refractivity contribution is 6.32. The number of hydrogen-bond donors (Lipinski definition) is 2. The van der Waals surface area contributed by atoms with Crippen LogP contribution in [0.1, 0.15) is 42.6 Å². The Morgan fingerprint density at radius 1 is 1.22 bits per heavy atom. The summed E-state index contributed by atoms with van der Waals surface area (Å²) in [5.74, 6) is 0.0930. The predicted octanol–water partition coefficient (Wildman–Crippen LogP) is 4.43. The van der Waals surface area contributed by atoms with Crippen LogP contribution >= 0.6 is 11.6 Å². The summed E-state index contributed by atoms with van der Waals surface area (Å²) >= 11 is 6.15. The predicted molar refractivity (Wildman–Crippen MR) is 105 cm³/mol. The van der Waals surface area contributed by atoms with Crippen molar-refractivity contribution in [1.82, 2.24) is 4.98 Å². The van der Waals surface area contributed by atoms with Crippen LogP contribution in [0, 0.1) is 12.8 Å². The second kappa shape index (κ2) is 7.96. The molecule has 1 aromatic heterocycles. The highest BCUT2D eigenvalue weighted by Crippen LogP contribution is 2.31. The Morgan fingerprint density at radius 2 is 1.96 bits per heavy atom. The fourth-order valence-corrected chi connectivity index (χ4v) is 2.69. The molecule has 1 saturated carbocycles. The molecule has 2 N–H and O–H groups in total. The van der Waals surface area contributed by atoms with Gasteiger partial charge in [0.1, 0.15) is 5.02 Å². The van der Waals surface area contributed by atoms with Gasteiger partial charge in [0.2, 0.25) is 11.8 Å². The van der Waals surface area contributed by atoms with E-state index in [4.69, 9.17) is 16.3 Å². The number of hydrogen-bond acceptors (Lipinski definition) is 4. The van der Waals surface area contributed by atoms with Gasteiger partial charge in [-0.3, -0.25) is 9.59 Å². The fourth-order valence-electron chi connectivity index (χ4n) is 2.48. The largest absolute Gasteiger partial charge is 0.474 e. The van der Waals surface area contributed by atoms with E-state index in [1.807, 2.05) is 32.9 Å². The highest BCUT2D eigenvalue weighted by atomic mass is 35.5. The number of carbonyl (C=O) groups excluding carboxylic acids is 2. The first kappa shape index (κ1) is 19.2. The van der Waals surface area contributed by atoms with Crippen LogP contribution in [-0.2, 0) is 4.79 Å². The molecule has 6 nitrogen and oxygen atoms in total. The quantitative estimate of drug-likeness (QED) is 0.768. The van der Waals surface area contributed by atoms with Crippen molar-refractivity contribution in [1.29, 1.82) is 0 Å². The molecular formula is C20H22ClN3O3. The summed E-state index contributed by atoms with van der Waals surface area (Å²) < 4.78 is 5.48. The first-order valence-electron chi connectivity index (χ1n) is 8.88. The number of nitrogens with zero attached hydrogens (tertiary/aromatic N) is 1. The molecule has 0 bridgehead atoms. The van der Waals surface area contributed by atoms with Crippen molar-refractivity contribution in [3.8, 4) is 5.88 Å². The molecule has 1 aromatic carbocycles. The average Bonchev–Trinajstić information content (AvgIpc) is 3.44. The van der Waals surface area contributed by atoms with Crippen LogP contribution in [0.25, 0.3) is 0 Å². The van der Waals surface area contributed by atoms with E-state index in [1.54, 1.807) is 6.07 Å². The number of amides is 2. The summed E-state index contributed by atoms with van der Waals surface area (Å²) in [6, 6.07) is 6.94. The smallest absolute Gasteiger partial charge is 0.257 e. The summed E-state index contributed by atoms with van der Waals surface area (Å²) in [5.41, 5.74) is 2.48. The Labute approximate surface area is 163 Å². The Bertz CT molecular complexity index is 879. The number of benzene rings is 1. The standard InChI is InChI=1S/C20H22ClN3O3/c1-11(2)27-20-16(21)8-14(10-22-20)19(26)24-17-9-15(7-4-12(17)3)23-18(25)13-5-6-13/h4,7-11,13H,5-6H2,1-3H3,(H,23,25)(H,24,26). The first-order chi connectivity index (χ1) is 12.8. The van der Waals surface area contributed by atoms with Gasteiger partial charge in [-0.05, 0) is 57.4 Å². The average molecular weight is 388 g/mol. The number of nitrogens with one attached hydrogen (secondary N) is 2. The molecule has 1 fully saturated rings. The Kier molecular flexibility index (Phi) is 5.65. The molecule has 142 valence electrons. The third-order valence-electron chi connectivity index (χ3n) is 4.12. The van der Waals surface area contributed by atoms with E-state index in [0.717, 1.165) is 18.4 Å². The topological polar surface area (TPSA) is 80.3 Å². The fraction of sp³-hybridized carbons (Fsp3) is 0.350. The Balaban J connectivity index is 1.73. The molecule has 2 amide bonds. The maximum absolute atomic E-state index is 12.6. The van der Waals surface area contributed by atoms with E-state index in [0.29, 0.717) is 22.8 Å². The lowest BCUT2D eigenvalue weighted by molar-refractivity contribution is -0.117. The number of pyridine rings is 1. The van der Waals surface area contributed by atoms with Gasteiger partial charge in [-0.2, -0.15) is 0 Å². The minimum atomic E-state index is -0.339. The van der Waals surface area contributed by atoms with Gasteiger partial charge in [0.05, 0.1) is 11.7 Å². The van der Waals surface area contributed by atoms with E-state index in [2.05, 4.69) is 15.6 Å². The van der Waals surface area contributed by atoms with E-state index in [1.165, 1.54) is 12.3 Å². The van der Waals surface area contributed by atoms with E-state index >= 15 is 0 Å². The van der Waals surface area contributed by atoms with Gasteiger partial charge in [-0.25, -0.2) is 4.98 Å². The summed E-state index contributed by atoms with van der Waals surface area (Å²) in [5, 5.41) is 6.00. The normalized spacial score (nSPS) is 13.4. The number of carbonyl (C=O) groups is 2. The zero-order chi connectivity index (χ0) is 19.6. The number of ether oxygens (including phenoxy) is 1. The van der Waals surface area contributed by atoms with Gasteiger partial charge >= 0.3 is 0 Å². The monoisotopic (exact) mass is 387 g/mol. The van der Waals surface area contributed by atoms with Crippen LogP contribution in [0.4, 0.5) is 11.4 Å². The van der Waals surface area contributed by atoms with Crippen molar-refractivity contribution in [2.24, 2.45) is 5.92 Å². The van der Waals surface area contributed by atoms with Crippen molar-refractivity contribution in [2.75, 3.05) is 10.6 Å². The Morgan fingerprint density at radius 3 is 2.59 bits per heavy atom. The maximum Gasteiger partial charge on any atom is 0.257 e. The van der Waals surface area contributed by atoms with E-state index in [-0.39, 0.29) is 28.9 Å². The molecule has 0 aliphatic heterocycles. The summed E-state index contributed by atoms with van der Waals surface area (Å²) in [6.07, 6.45) is 3.23. The van der Waals surface area contributed by atoms with Crippen molar-refractivity contribution in [2.45, 2.75) is 39.7 Å². The lowest BCUT2D eigenvalue weighted by Gasteiger charge is -2.13. The molecule has 0 atom stereocenters. The molecule has 1 heterocycles. The first-order valence-corrected chi connectivity index (χ1v) is 9.26. The molecule has 27 heavy (non-hydrogen) atoms. The second-order valence-electron chi connectivity index (χ2n) is 6.92. The van der Waals surface area contributed by atoms with Gasteiger partial charge in [-0.15, -0.1) is 0 Å². The third kappa shape index (κ3) is 4.98. The van der Waals surface area contributed by atoms with E-state index in [9.17, 15) is 9.59 Å². The summed E-state index contributed by atoms with van der Waals surface area (Å²) in [7, 11) is 0. The molecule has 0 spiro atoms. The van der Waals surface area contributed by atoms with Crippen molar-refractivity contribution in [3.63, 3.8) is 0 Å². The molecule has 2 aromatic rings. The SMILES string of the molecule is Cc1ccc(NC(=O)C2CC2)cc1NC(=O)c1cnc(OC(C)C)c(Cl)c1. The van der Waals surface area contributed by atoms with Crippen molar-refractivity contribution in [3.05, 3.63) is 46.6 Å². The molecular weight excluding hydrogens is 366 g/mol. The third-order valence-corrected chi connectivity index (χ3v) is 4.39. The molecule has 0 radical (unpaired) electrons. The lowest BCUT2D eigenvalue weighted by atomic mass is 10.1. The number of aromatic nitrogens is 1. The number of anilines is 2. The van der Waals surface area contributed by atoms with Crippen LogP contribution in [0.5, 0.6) is 5.88 Å². The van der Waals surface area contributed by atoms with Crippen LogP contribution in [0.2, 0.25) is 5.02 Å². The molecule has 3 rings (SSSR count). The molecule has 7 heteroatoms. The Hall–Kier alpha value is -2.60. The summed E-state index contributed by atoms with van der Waals surface area (Å²) in [4.78, 5) is 28.6. The maximum atomic E-state index is 12.6. The number of aryl methyl sites for hydroxylation is 1. The number of rotatable bonds is 6. The van der Waals surface area contributed by atoms with Gasteiger partial charge in [0.15, 0.2) is 0 Å².